The zero-order valence-corrected chi connectivity index (χ0v) is 24.5. The molecule has 1 aromatic carbocycles. The van der Waals surface area contributed by atoms with Crippen LogP contribution in [0.3, 0.4) is 0 Å². The molecular formula is C30H31F6N7O2. The predicted octanol–water partition coefficient (Wildman–Crippen LogP) is 4.91. The van der Waals surface area contributed by atoms with E-state index in [-0.39, 0.29) is 59.2 Å². The minimum Gasteiger partial charge on any atom is -0.472 e. The van der Waals surface area contributed by atoms with Gasteiger partial charge in [-0.3, -0.25) is 4.90 Å². The van der Waals surface area contributed by atoms with Gasteiger partial charge < -0.3 is 25.4 Å². The van der Waals surface area contributed by atoms with Gasteiger partial charge in [-0.15, -0.1) is 0 Å². The summed E-state index contributed by atoms with van der Waals surface area (Å²) in [6.45, 7) is 4.98. The first-order chi connectivity index (χ1) is 21.4. The average molecular weight is 636 g/mol. The van der Waals surface area contributed by atoms with Gasteiger partial charge >= 0.3 is 12.2 Å². The highest BCUT2D eigenvalue weighted by atomic mass is 19.4. The van der Waals surface area contributed by atoms with Gasteiger partial charge in [-0.1, -0.05) is 0 Å². The van der Waals surface area contributed by atoms with E-state index in [2.05, 4.69) is 25.2 Å². The van der Waals surface area contributed by atoms with Crippen LogP contribution in [0.4, 0.5) is 37.8 Å². The van der Waals surface area contributed by atoms with Crippen LogP contribution in [0.1, 0.15) is 37.3 Å². The third-order valence-corrected chi connectivity index (χ3v) is 9.25. The van der Waals surface area contributed by atoms with Crippen LogP contribution in [0.2, 0.25) is 0 Å². The number of hydrogen-bond acceptors (Lipinski definition) is 9. The van der Waals surface area contributed by atoms with E-state index in [0.717, 1.165) is 25.8 Å². The van der Waals surface area contributed by atoms with E-state index < -0.39 is 52.0 Å². The number of aromatic nitrogens is 3. The van der Waals surface area contributed by atoms with E-state index in [9.17, 15) is 22.0 Å². The molecule has 7 rings (SSSR count). The van der Waals surface area contributed by atoms with Crippen molar-refractivity contribution in [1.82, 2.24) is 25.2 Å². The number of nitrogens with zero attached hydrogens (tertiary/aromatic N) is 5. The summed E-state index contributed by atoms with van der Waals surface area (Å²) in [6.07, 6.45) is -2.14. The van der Waals surface area contributed by atoms with E-state index in [1.807, 2.05) is 4.90 Å². The lowest BCUT2D eigenvalue weighted by atomic mass is 9.96. The number of nitrogen functional groups attached to an aromatic ring is 1. The van der Waals surface area contributed by atoms with Crippen molar-refractivity contribution in [3.63, 3.8) is 0 Å². The number of anilines is 2. The fraction of sp³-hybridized carbons (Fsp3) is 0.500. The van der Waals surface area contributed by atoms with Crippen LogP contribution in [0.15, 0.2) is 18.0 Å². The first kappa shape index (κ1) is 29.8. The summed E-state index contributed by atoms with van der Waals surface area (Å²) in [7, 11) is 0. The van der Waals surface area contributed by atoms with Gasteiger partial charge in [0.2, 0.25) is 5.88 Å². The Morgan fingerprint density at radius 3 is 2.69 bits per heavy atom. The standard InChI is InChI=1S/C30H31F6N7O2/c1-13-22(30(34,35)36)18(10-19(37)23(13)32)25-24(33)26-21-27(43-8-6-38-11-20(43)14(2)45-28(21)39-25)41-29(40-26)44-12-17-4-3-16-9-15(31)5-7-42(16)17/h9-10,14,16-17,20,38H,3-8,11-12,37H2,1-2H3/t14-,16?,17-,20-/m0/s1. The Balaban J connectivity index is 1.38. The zero-order chi connectivity index (χ0) is 31.8. The summed E-state index contributed by atoms with van der Waals surface area (Å²) in [4.78, 5) is 17.4. The number of pyridine rings is 1. The molecule has 0 saturated carbocycles. The van der Waals surface area contributed by atoms with Crippen LogP contribution >= 0.6 is 0 Å². The van der Waals surface area contributed by atoms with Crippen molar-refractivity contribution in [3.05, 3.63) is 40.7 Å². The number of halogens is 6. The lowest BCUT2D eigenvalue weighted by Crippen LogP contribution is -2.56. The molecule has 45 heavy (non-hydrogen) atoms. The largest absolute Gasteiger partial charge is 0.472 e. The normalized spacial score (nSPS) is 25.0. The van der Waals surface area contributed by atoms with E-state index in [1.165, 1.54) is 0 Å². The van der Waals surface area contributed by atoms with Crippen molar-refractivity contribution in [2.24, 2.45) is 0 Å². The fourth-order valence-corrected chi connectivity index (χ4v) is 7.04. The Hall–Kier alpha value is -3.85. The van der Waals surface area contributed by atoms with Gasteiger partial charge in [0.1, 0.15) is 40.9 Å². The molecule has 0 amide bonds. The van der Waals surface area contributed by atoms with Gasteiger partial charge in [0, 0.05) is 50.2 Å². The first-order valence-corrected chi connectivity index (χ1v) is 14.9. The van der Waals surface area contributed by atoms with Crippen LogP contribution in [0.25, 0.3) is 22.2 Å². The van der Waals surface area contributed by atoms with Crippen molar-refractivity contribution in [2.45, 2.75) is 63.5 Å². The third-order valence-electron chi connectivity index (χ3n) is 9.25. The van der Waals surface area contributed by atoms with Crippen LogP contribution in [-0.4, -0.2) is 76.9 Å². The smallest absolute Gasteiger partial charge is 0.417 e. The highest BCUT2D eigenvalue weighted by Crippen LogP contribution is 2.46. The number of rotatable bonds is 4. The molecular weight excluding hydrogens is 604 g/mol. The van der Waals surface area contributed by atoms with E-state index in [0.29, 0.717) is 32.6 Å². The number of piperazine rings is 1. The Kier molecular flexibility index (Phi) is 7.23. The summed E-state index contributed by atoms with van der Waals surface area (Å²) in [5.41, 5.74) is 1.15. The number of hydrogen-bond donors (Lipinski definition) is 2. The molecule has 0 aliphatic carbocycles. The Morgan fingerprint density at radius 1 is 1.11 bits per heavy atom. The number of nitrogens with one attached hydrogen (secondary N) is 1. The van der Waals surface area contributed by atoms with E-state index >= 15 is 4.39 Å². The Morgan fingerprint density at radius 2 is 1.91 bits per heavy atom. The highest BCUT2D eigenvalue weighted by Gasteiger charge is 2.41. The summed E-state index contributed by atoms with van der Waals surface area (Å²) in [5, 5.41) is 3.39. The molecule has 3 N–H and O–H groups in total. The van der Waals surface area contributed by atoms with Crippen molar-refractivity contribution < 1.29 is 35.8 Å². The molecule has 0 radical (unpaired) electrons. The molecule has 0 spiro atoms. The first-order valence-electron chi connectivity index (χ1n) is 14.9. The van der Waals surface area contributed by atoms with Gasteiger partial charge in [-0.25, -0.2) is 18.2 Å². The van der Waals surface area contributed by atoms with Gasteiger partial charge in [-0.2, -0.15) is 23.1 Å². The summed E-state index contributed by atoms with van der Waals surface area (Å²) in [6, 6.07) is 0.206. The molecule has 4 aliphatic rings. The quantitative estimate of drug-likeness (QED) is 0.306. The van der Waals surface area contributed by atoms with Crippen molar-refractivity contribution in [2.75, 3.05) is 43.4 Å². The maximum absolute atomic E-state index is 16.6. The zero-order valence-electron chi connectivity index (χ0n) is 24.5. The molecule has 4 aliphatic heterocycles. The number of fused-ring (bicyclic) bond motifs is 3. The number of benzene rings is 1. The molecule has 1 unspecified atom stereocenters. The lowest BCUT2D eigenvalue weighted by molar-refractivity contribution is -0.137. The van der Waals surface area contributed by atoms with Gasteiger partial charge in [-0.05, 0) is 44.4 Å². The number of nitrogens with two attached hydrogens (primary N) is 1. The van der Waals surface area contributed by atoms with Crippen LogP contribution < -0.4 is 25.4 Å². The molecule has 3 aromatic rings. The second kappa shape index (κ2) is 10.9. The summed E-state index contributed by atoms with van der Waals surface area (Å²) < 4.78 is 100. The van der Waals surface area contributed by atoms with E-state index in [1.54, 1.807) is 13.0 Å². The molecule has 15 heteroatoms. The van der Waals surface area contributed by atoms with Crippen LogP contribution in [-0.2, 0) is 6.18 Å². The summed E-state index contributed by atoms with van der Waals surface area (Å²) in [5.74, 6) is -2.42. The molecule has 4 atom stereocenters. The topological polar surface area (TPSA) is 102 Å². The Labute approximate surface area is 254 Å². The van der Waals surface area contributed by atoms with Gasteiger partial charge in [0.15, 0.2) is 5.82 Å². The monoisotopic (exact) mass is 635 g/mol. The Bertz CT molecular complexity index is 1720. The van der Waals surface area contributed by atoms with E-state index in [4.69, 9.17) is 15.2 Å². The number of ether oxygens (including phenoxy) is 2. The highest BCUT2D eigenvalue weighted by molar-refractivity contribution is 5.97. The second-order valence-electron chi connectivity index (χ2n) is 12.0. The maximum Gasteiger partial charge on any atom is 0.417 e. The molecule has 2 fully saturated rings. The molecule has 6 heterocycles. The maximum atomic E-state index is 16.6. The van der Waals surface area contributed by atoms with Crippen LogP contribution in [0.5, 0.6) is 11.9 Å². The number of alkyl halides is 3. The van der Waals surface area contributed by atoms with Crippen LogP contribution in [0, 0.1) is 18.6 Å². The van der Waals surface area contributed by atoms with Crippen molar-refractivity contribution in [1.29, 1.82) is 0 Å². The van der Waals surface area contributed by atoms with Gasteiger partial charge in [0.05, 0.1) is 23.1 Å². The average Bonchev–Trinajstić information content (AvgIpc) is 3.35. The second-order valence-corrected chi connectivity index (χ2v) is 12.0. The molecule has 2 saturated heterocycles. The molecule has 2 aromatic heterocycles. The molecule has 9 nitrogen and oxygen atoms in total. The third kappa shape index (κ3) is 5.00. The molecule has 0 bridgehead atoms. The SMILES string of the molecule is Cc1c(F)c(N)cc(-c2nc3c4c(nc(OC[C@@H]5CCC6C=C(F)CCN65)nc4c2F)N2CCNC[C@H]2[C@H](C)O3)c1C(F)(F)F. The lowest BCUT2D eigenvalue weighted by Gasteiger charge is -2.38. The molecule has 240 valence electrons. The predicted molar refractivity (Wildman–Crippen MR) is 154 cm³/mol. The van der Waals surface area contributed by atoms with Crippen molar-refractivity contribution in [3.8, 4) is 23.1 Å². The minimum absolute atomic E-state index is 0.0298. The fourth-order valence-electron chi connectivity index (χ4n) is 7.04. The summed E-state index contributed by atoms with van der Waals surface area (Å²) >= 11 is 0. The van der Waals surface area contributed by atoms with Gasteiger partial charge in [0.25, 0.3) is 0 Å². The van der Waals surface area contributed by atoms with Crippen molar-refractivity contribution >= 4 is 22.4 Å². The minimum atomic E-state index is -5.05.